The van der Waals surface area contributed by atoms with E-state index in [-0.39, 0.29) is 12.4 Å². The van der Waals surface area contributed by atoms with Gasteiger partial charge in [0.25, 0.3) is 0 Å². The van der Waals surface area contributed by atoms with Crippen molar-refractivity contribution in [2.24, 2.45) is 0 Å². The fraction of sp³-hybridized carbons (Fsp3) is 0.500. The summed E-state index contributed by atoms with van der Waals surface area (Å²) in [6, 6.07) is 8.31. The molecule has 3 heteroatoms. The van der Waals surface area contributed by atoms with Crippen molar-refractivity contribution in [3.05, 3.63) is 35.4 Å². The van der Waals surface area contributed by atoms with Gasteiger partial charge in [0, 0.05) is 0 Å². The van der Waals surface area contributed by atoms with Gasteiger partial charge < -0.3 is 9.16 Å². The van der Waals surface area contributed by atoms with Gasteiger partial charge in [0.05, 0.1) is 6.10 Å². The van der Waals surface area contributed by atoms with Crippen LogP contribution in [0.15, 0.2) is 24.3 Å². The molecule has 2 atom stereocenters. The summed E-state index contributed by atoms with van der Waals surface area (Å²) in [6.07, 6.45) is 0.955. The van der Waals surface area contributed by atoms with Gasteiger partial charge in [0.1, 0.15) is 16.8 Å². The van der Waals surface area contributed by atoms with E-state index in [1.54, 1.807) is 0 Å². The Morgan fingerprint density at radius 1 is 1.33 bits per heavy atom. The van der Waals surface area contributed by atoms with Crippen molar-refractivity contribution in [3.63, 3.8) is 0 Å². The molecule has 0 aromatic heterocycles. The van der Waals surface area contributed by atoms with Crippen LogP contribution in [0.25, 0.3) is 0 Å². The standard InChI is InChI=1S/C12H20O2Si/c1-4-12(14-15)13-10(3)11-8-6-5-7-9(11)2/h5-8,10,12H,4H2,1-3,15H3. The lowest BCUT2D eigenvalue weighted by atomic mass is 10.0. The molecule has 1 aromatic rings. The highest BCUT2D eigenvalue weighted by Gasteiger charge is 2.13. The molecule has 0 aliphatic rings. The minimum absolute atomic E-state index is 0.0497. The van der Waals surface area contributed by atoms with Gasteiger partial charge in [-0.1, -0.05) is 31.2 Å². The first kappa shape index (κ1) is 12.4. The zero-order valence-electron chi connectivity index (χ0n) is 9.99. The van der Waals surface area contributed by atoms with Crippen LogP contribution in [0, 0.1) is 6.92 Å². The van der Waals surface area contributed by atoms with Gasteiger partial charge >= 0.3 is 0 Å². The van der Waals surface area contributed by atoms with E-state index >= 15 is 0 Å². The normalized spacial score (nSPS) is 15.1. The summed E-state index contributed by atoms with van der Waals surface area (Å²) in [7, 11) is 0.723. The topological polar surface area (TPSA) is 18.5 Å². The fourth-order valence-corrected chi connectivity index (χ4v) is 2.11. The van der Waals surface area contributed by atoms with E-state index in [1.165, 1.54) is 11.1 Å². The number of aryl methyl sites for hydroxylation is 1. The second-order valence-electron chi connectivity index (χ2n) is 3.71. The van der Waals surface area contributed by atoms with Crippen LogP contribution in [0.4, 0.5) is 0 Å². The number of benzene rings is 1. The molecule has 84 valence electrons. The quantitative estimate of drug-likeness (QED) is 0.563. The maximum Gasteiger partial charge on any atom is 0.149 e. The molecule has 0 aliphatic heterocycles. The Balaban J connectivity index is 2.68. The Kier molecular flexibility index (Phi) is 5.01. The minimum Gasteiger partial charge on any atom is -0.404 e. The SMILES string of the molecule is CCC(O[SiH3])OC(C)c1ccccc1C. The largest absolute Gasteiger partial charge is 0.404 e. The number of hydrogen-bond acceptors (Lipinski definition) is 2. The van der Waals surface area contributed by atoms with Gasteiger partial charge in [-0.15, -0.1) is 0 Å². The smallest absolute Gasteiger partial charge is 0.149 e. The third kappa shape index (κ3) is 3.45. The van der Waals surface area contributed by atoms with Crippen LogP contribution in [0.1, 0.15) is 37.5 Å². The number of rotatable bonds is 5. The molecule has 0 fully saturated rings. The van der Waals surface area contributed by atoms with E-state index in [2.05, 4.69) is 32.9 Å². The van der Waals surface area contributed by atoms with E-state index < -0.39 is 0 Å². The van der Waals surface area contributed by atoms with Crippen LogP contribution >= 0.6 is 0 Å². The van der Waals surface area contributed by atoms with Gasteiger partial charge in [-0.2, -0.15) is 0 Å². The number of ether oxygens (including phenoxy) is 1. The van der Waals surface area contributed by atoms with E-state index in [0.29, 0.717) is 0 Å². The summed E-state index contributed by atoms with van der Waals surface area (Å²) < 4.78 is 11.2. The Hall–Kier alpha value is -0.643. The maximum atomic E-state index is 5.83. The van der Waals surface area contributed by atoms with Crippen molar-refractivity contribution >= 4 is 10.5 Å². The monoisotopic (exact) mass is 224 g/mol. The predicted octanol–water partition coefficient (Wildman–Crippen LogP) is 2.11. The van der Waals surface area contributed by atoms with Crippen LogP contribution < -0.4 is 0 Å². The summed E-state index contributed by atoms with van der Waals surface area (Å²) in [5.41, 5.74) is 2.52. The zero-order chi connectivity index (χ0) is 11.3. The lowest BCUT2D eigenvalue weighted by Gasteiger charge is -2.21. The highest BCUT2D eigenvalue weighted by molar-refractivity contribution is 5.98. The molecular weight excluding hydrogens is 204 g/mol. The lowest BCUT2D eigenvalue weighted by Crippen LogP contribution is -2.17. The fourth-order valence-electron chi connectivity index (χ4n) is 1.66. The molecule has 0 bridgehead atoms. The highest BCUT2D eigenvalue weighted by atomic mass is 28.2. The highest BCUT2D eigenvalue weighted by Crippen LogP contribution is 2.22. The molecule has 0 spiro atoms. The average Bonchev–Trinajstić information content (AvgIpc) is 2.26. The van der Waals surface area contributed by atoms with E-state index in [0.717, 1.165) is 16.9 Å². The van der Waals surface area contributed by atoms with Crippen molar-refractivity contribution < 1.29 is 9.16 Å². The summed E-state index contributed by atoms with van der Waals surface area (Å²) in [6.45, 7) is 6.26. The van der Waals surface area contributed by atoms with E-state index in [1.807, 2.05) is 12.1 Å². The first-order chi connectivity index (χ1) is 7.19. The second kappa shape index (κ2) is 6.05. The molecular formula is C12H20O2Si. The molecule has 0 radical (unpaired) electrons. The zero-order valence-corrected chi connectivity index (χ0v) is 12.0. The van der Waals surface area contributed by atoms with Crippen molar-refractivity contribution in [2.45, 2.75) is 39.6 Å². The minimum atomic E-state index is -0.0497. The molecule has 0 saturated carbocycles. The molecule has 0 aliphatic carbocycles. The summed E-state index contributed by atoms with van der Waals surface area (Å²) in [5, 5.41) is 0. The second-order valence-corrected chi connectivity index (χ2v) is 4.18. The van der Waals surface area contributed by atoms with Crippen LogP contribution in [-0.2, 0) is 9.16 Å². The van der Waals surface area contributed by atoms with Gasteiger partial charge in [-0.25, -0.2) is 0 Å². The van der Waals surface area contributed by atoms with Crippen molar-refractivity contribution in [2.75, 3.05) is 0 Å². The Labute approximate surface area is 95.1 Å². The van der Waals surface area contributed by atoms with Crippen LogP contribution in [0.3, 0.4) is 0 Å². The third-order valence-corrected chi connectivity index (χ3v) is 3.10. The maximum absolute atomic E-state index is 5.83. The van der Waals surface area contributed by atoms with Gasteiger partial charge in [-0.05, 0) is 31.4 Å². The number of hydrogen-bond donors (Lipinski definition) is 0. The van der Waals surface area contributed by atoms with Crippen LogP contribution in [0.5, 0.6) is 0 Å². The van der Waals surface area contributed by atoms with Gasteiger partial charge in [-0.3, -0.25) is 0 Å². The van der Waals surface area contributed by atoms with Crippen molar-refractivity contribution in [3.8, 4) is 0 Å². The Bertz CT molecular complexity index is 297. The van der Waals surface area contributed by atoms with Crippen LogP contribution in [0.2, 0.25) is 0 Å². The molecule has 1 rings (SSSR count). The van der Waals surface area contributed by atoms with Gasteiger partial charge in [0.2, 0.25) is 0 Å². The summed E-state index contributed by atoms with van der Waals surface area (Å²) in [5.74, 6) is 0. The Morgan fingerprint density at radius 2 is 2.00 bits per heavy atom. The molecule has 2 nitrogen and oxygen atoms in total. The first-order valence-corrected chi connectivity index (χ1v) is 6.24. The van der Waals surface area contributed by atoms with Crippen LogP contribution in [-0.4, -0.2) is 16.8 Å². The molecule has 0 amide bonds. The average molecular weight is 224 g/mol. The Morgan fingerprint density at radius 3 is 2.53 bits per heavy atom. The molecule has 1 aromatic carbocycles. The first-order valence-electron chi connectivity index (χ1n) is 5.42. The summed E-state index contributed by atoms with van der Waals surface area (Å²) in [4.78, 5) is 0. The van der Waals surface area contributed by atoms with Crippen molar-refractivity contribution in [1.82, 2.24) is 0 Å². The predicted molar refractivity (Wildman–Crippen MR) is 65.8 cm³/mol. The summed E-state index contributed by atoms with van der Waals surface area (Å²) >= 11 is 0. The molecule has 0 saturated heterocycles. The third-order valence-electron chi connectivity index (χ3n) is 2.58. The van der Waals surface area contributed by atoms with E-state index in [9.17, 15) is 0 Å². The van der Waals surface area contributed by atoms with E-state index in [4.69, 9.17) is 9.16 Å². The molecule has 2 unspecified atom stereocenters. The molecule has 15 heavy (non-hydrogen) atoms. The molecule has 0 heterocycles. The lowest BCUT2D eigenvalue weighted by molar-refractivity contribution is -0.114. The van der Waals surface area contributed by atoms with Gasteiger partial charge in [0.15, 0.2) is 0 Å². The molecule has 0 N–H and O–H groups in total. The van der Waals surface area contributed by atoms with Crippen molar-refractivity contribution in [1.29, 1.82) is 0 Å².